The summed E-state index contributed by atoms with van der Waals surface area (Å²) in [6.07, 6.45) is 1.16. The molecule has 0 radical (unpaired) electrons. The van der Waals surface area contributed by atoms with Crippen molar-refractivity contribution in [2.24, 2.45) is 5.41 Å². The zero-order valence-corrected chi connectivity index (χ0v) is 20.9. The van der Waals surface area contributed by atoms with Crippen molar-refractivity contribution in [3.63, 3.8) is 0 Å². The minimum absolute atomic E-state index is 0.0775. The summed E-state index contributed by atoms with van der Waals surface area (Å²) in [5.74, 6) is 2.02. The molecule has 0 saturated carbocycles. The highest BCUT2D eigenvalue weighted by Crippen LogP contribution is 2.48. The second-order valence-corrected chi connectivity index (χ2v) is 10.5. The minimum Gasteiger partial charge on any atom is -0.493 e. The van der Waals surface area contributed by atoms with Crippen molar-refractivity contribution < 1.29 is 18.7 Å². The average molecular weight is 495 g/mol. The van der Waals surface area contributed by atoms with Gasteiger partial charge in [0.05, 0.1) is 14.2 Å². The Morgan fingerprint density at radius 2 is 1.97 bits per heavy atom. The molecule has 1 aliphatic heterocycles. The first-order chi connectivity index (χ1) is 16.8. The molecule has 0 fully saturated rings. The van der Waals surface area contributed by atoms with E-state index < -0.39 is 6.04 Å². The first kappa shape index (κ1) is 23.4. The van der Waals surface area contributed by atoms with Crippen LogP contribution >= 0.6 is 11.8 Å². The molecule has 5 rings (SSSR count). The van der Waals surface area contributed by atoms with Gasteiger partial charge in [0.1, 0.15) is 11.9 Å². The SMILES string of the molecule is COc1cccc([C@H]2C3=C(CC(C)(C)CC3=O)Nc3nc(SCc4cccc(F)c4)nn32)c1OC. The fraction of sp³-hybridized carbons (Fsp3) is 0.346. The maximum Gasteiger partial charge on any atom is 0.227 e. The molecule has 9 heteroatoms. The largest absolute Gasteiger partial charge is 0.493 e. The van der Waals surface area contributed by atoms with Crippen LogP contribution in [0.3, 0.4) is 0 Å². The number of fused-ring (bicyclic) bond motifs is 1. The molecular weight excluding hydrogens is 467 g/mol. The van der Waals surface area contributed by atoms with E-state index in [1.165, 1.54) is 23.9 Å². The molecule has 7 nitrogen and oxygen atoms in total. The number of carbonyl (C=O) groups excluding carboxylic acids is 1. The number of rotatable bonds is 6. The number of Topliss-reactive ketones (excluding diaryl/α,β-unsaturated/α-hetero) is 1. The van der Waals surface area contributed by atoms with Gasteiger partial charge in [-0.1, -0.05) is 49.9 Å². The Morgan fingerprint density at radius 1 is 1.17 bits per heavy atom. The van der Waals surface area contributed by atoms with E-state index in [1.807, 2.05) is 24.3 Å². The number of carbonyl (C=O) groups is 1. The monoisotopic (exact) mass is 494 g/mol. The highest BCUT2D eigenvalue weighted by Gasteiger charge is 2.43. The summed E-state index contributed by atoms with van der Waals surface area (Å²) in [5.41, 5.74) is 3.00. The van der Waals surface area contributed by atoms with Gasteiger partial charge in [0.25, 0.3) is 0 Å². The van der Waals surface area contributed by atoms with E-state index in [2.05, 4.69) is 19.2 Å². The number of ketones is 1. The van der Waals surface area contributed by atoms with Gasteiger partial charge in [-0.25, -0.2) is 9.07 Å². The van der Waals surface area contributed by atoms with Crippen molar-refractivity contribution in [3.05, 3.63) is 70.7 Å². The normalized spacial score (nSPS) is 18.5. The van der Waals surface area contributed by atoms with Crippen molar-refractivity contribution in [2.45, 2.75) is 43.6 Å². The lowest BCUT2D eigenvalue weighted by Crippen LogP contribution is -2.36. The lowest BCUT2D eigenvalue weighted by molar-refractivity contribution is -0.118. The number of benzene rings is 2. The molecule has 2 aromatic carbocycles. The van der Waals surface area contributed by atoms with Crippen molar-refractivity contribution in [2.75, 3.05) is 19.5 Å². The van der Waals surface area contributed by atoms with E-state index in [9.17, 15) is 9.18 Å². The van der Waals surface area contributed by atoms with Crippen LogP contribution in [0.2, 0.25) is 0 Å². The van der Waals surface area contributed by atoms with E-state index in [1.54, 1.807) is 25.0 Å². The van der Waals surface area contributed by atoms with Crippen molar-refractivity contribution in [3.8, 4) is 11.5 Å². The molecule has 1 aromatic heterocycles. The van der Waals surface area contributed by atoms with Crippen molar-refractivity contribution in [1.82, 2.24) is 14.8 Å². The van der Waals surface area contributed by atoms with Crippen LogP contribution in [0.5, 0.6) is 11.5 Å². The summed E-state index contributed by atoms with van der Waals surface area (Å²) in [6.45, 7) is 4.19. The molecule has 1 atom stereocenters. The summed E-state index contributed by atoms with van der Waals surface area (Å²) in [5, 5.41) is 8.69. The molecule has 1 aliphatic carbocycles. The Morgan fingerprint density at radius 3 is 2.71 bits per heavy atom. The summed E-state index contributed by atoms with van der Waals surface area (Å²) in [6, 6.07) is 11.6. The van der Waals surface area contributed by atoms with Gasteiger partial charge in [-0.15, -0.1) is 5.10 Å². The zero-order valence-electron chi connectivity index (χ0n) is 20.1. The highest BCUT2D eigenvalue weighted by molar-refractivity contribution is 7.98. The number of aromatic nitrogens is 3. The van der Waals surface area contributed by atoms with E-state index >= 15 is 0 Å². The maximum absolute atomic E-state index is 13.6. The number of hydrogen-bond acceptors (Lipinski definition) is 7. The summed E-state index contributed by atoms with van der Waals surface area (Å²) < 4.78 is 26.6. The zero-order chi connectivity index (χ0) is 24.7. The molecule has 0 bridgehead atoms. The molecule has 1 N–H and O–H groups in total. The number of anilines is 1. The lowest BCUT2D eigenvalue weighted by atomic mass is 9.73. The van der Waals surface area contributed by atoms with Gasteiger partial charge in [0, 0.05) is 29.0 Å². The average Bonchev–Trinajstić information content (AvgIpc) is 3.22. The van der Waals surface area contributed by atoms with E-state index in [0.29, 0.717) is 40.4 Å². The van der Waals surface area contributed by atoms with Gasteiger partial charge in [-0.3, -0.25) is 4.79 Å². The summed E-state index contributed by atoms with van der Waals surface area (Å²) >= 11 is 1.42. The van der Waals surface area contributed by atoms with Crippen LogP contribution in [0.4, 0.5) is 10.3 Å². The number of allylic oxidation sites excluding steroid dienone is 2. The molecule has 0 amide bonds. The molecule has 2 heterocycles. The number of nitrogens with one attached hydrogen (secondary N) is 1. The first-order valence-corrected chi connectivity index (χ1v) is 12.4. The first-order valence-electron chi connectivity index (χ1n) is 11.4. The molecular formula is C26H27FN4O3S. The Hall–Kier alpha value is -3.33. The molecule has 0 saturated heterocycles. The molecule has 0 unspecified atom stereocenters. The van der Waals surface area contributed by atoms with E-state index in [-0.39, 0.29) is 17.0 Å². The topological polar surface area (TPSA) is 78.3 Å². The van der Waals surface area contributed by atoms with E-state index in [4.69, 9.17) is 19.6 Å². The number of thioether (sulfide) groups is 1. The summed E-state index contributed by atoms with van der Waals surface area (Å²) in [7, 11) is 3.18. The number of methoxy groups -OCH3 is 2. The Labute approximate surface area is 207 Å². The maximum atomic E-state index is 13.6. The van der Waals surface area contributed by atoms with Crippen LogP contribution in [-0.2, 0) is 10.5 Å². The Balaban J connectivity index is 1.59. The van der Waals surface area contributed by atoms with Crippen LogP contribution in [0, 0.1) is 11.2 Å². The van der Waals surface area contributed by atoms with Gasteiger partial charge in [-0.2, -0.15) is 4.98 Å². The predicted molar refractivity (Wildman–Crippen MR) is 132 cm³/mol. The van der Waals surface area contributed by atoms with Crippen LogP contribution in [-0.4, -0.2) is 34.8 Å². The van der Waals surface area contributed by atoms with Gasteiger partial charge in [-0.05, 0) is 35.6 Å². The van der Waals surface area contributed by atoms with Gasteiger partial charge >= 0.3 is 0 Å². The third-order valence-corrected chi connectivity index (χ3v) is 7.21. The smallest absolute Gasteiger partial charge is 0.227 e. The fourth-order valence-corrected chi connectivity index (χ4v) is 5.61. The Bertz CT molecular complexity index is 1330. The second-order valence-electron chi connectivity index (χ2n) is 9.52. The van der Waals surface area contributed by atoms with E-state index in [0.717, 1.165) is 23.2 Å². The third kappa shape index (κ3) is 4.40. The molecule has 0 spiro atoms. The number of halogens is 1. The molecule has 2 aliphatic rings. The van der Waals surface area contributed by atoms with Crippen LogP contribution in [0.1, 0.15) is 43.9 Å². The van der Waals surface area contributed by atoms with Gasteiger partial charge in [0.2, 0.25) is 11.1 Å². The molecule has 182 valence electrons. The second kappa shape index (κ2) is 9.03. The standard InChI is InChI=1S/C26H27FN4O3S/c1-26(2)12-18-21(19(32)13-26)22(17-9-6-10-20(33-3)23(17)34-4)31-24(28-18)29-25(30-31)35-14-15-7-5-8-16(27)11-15/h5-11,22H,12-14H2,1-4H3,(H,28,29,30)/t22-/m0/s1. The van der Waals surface area contributed by atoms with Crippen LogP contribution in [0.25, 0.3) is 0 Å². The van der Waals surface area contributed by atoms with Crippen molar-refractivity contribution >= 4 is 23.5 Å². The fourth-order valence-electron chi connectivity index (χ4n) is 4.84. The third-order valence-electron chi connectivity index (χ3n) is 6.30. The van der Waals surface area contributed by atoms with Crippen molar-refractivity contribution in [1.29, 1.82) is 0 Å². The number of para-hydroxylation sites is 1. The minimum atomic E-state index is -0.508. The predicted octanol–water partition coefficient (Wildman–Crippen LogP) is 5.38. The number of hydrogen-bond donors (Lipinski definition) is 1. The van der Waals surface area contributed by atoms with Gasteiger partial charge < -0.3 is 14.8 Å². The number of ether oxygens (including phenoxy) is 2. The lowest BCUT2D eigenvalue weighted by Gasteiger charge is -2.38. The van der Waals surface area contributed by atoms with Crippen LogP contribution in [0.15, 0.2) is 58.9 Å². The molecule has 3 aromatic rings. The quantitative estimate of drug-likeness (QED) is 0.461. The molecule has 35 heavy (non-hydrogen) atoms. The highest BCUT2D eigenvalue weighted by atomic mass is 32.2. The number of nitrogens with zero attached hydrogens (tertiary/aromatic N) is 3. The van der Waals surface area contributed by atoms with Crippen LogP contribution < -0.4 is 14.8 Å². The Kier molecular flexibility index (Phi) is 6.04. The van der Waals surface area contributed by atoms with Gasteiger partial charge in [0.15, 0.2) is 17.3 Å². The summed E-state index contributed by atoms with van der Waals surface area (Å²) in [4.78, 5) is 18.2.